The average molecular weight is 355 g/mol. The summed E-state index contributed by atoms with van der Waals surface area (Å²) in [5.74, 6) is -0.955. The van der Waals surface area contributed by atoms with Gasteiger partial charge in [-0.1, -0.05) is 12.1 Å². The number of benzene rings is 2. The number of hydrogen-bond donors (Lipinski definition) is 3. The van der Waals surface area contributed by atoms with E-state index < -0.39 is 17.6 Å². The molecule has 2 aromatic carbocycles. The van der Waals surface area contributed by atoms with E-state index >= 15 is 0 Å². The average Bonchev–Trinajstić information content (AvgIpc) is 3.06. The third-order valence-corrected chi connectivity index (χ3v) is 4.02. The van der Waals surface area contributed by atoms with Crippen molar-refractivity contribution in [1.82, 2.24) is 15.8 Å². The number of nitrogens with one attached hydrogen (secondary N) is 3. The van der Waals surface area contributed by atoms with E-state index in [2.05, 4.69) is 15.8 Å². The van der Waals surface area contributed by atoms with Crippen LogP contribution in [0.5, 0.6) is 5.75 Å². The number of hydrogen-bond acceptors (Lipinski definition) is 3. The number of ether oxygens (including phenoxy) is 1. The summed E-state index contributed by atoms with van der Waals surface area (Å²) >= 11 is 0. The quantitative estimate of drug-likeness (QED) is 0.629. The summed E-state index contributed by atoms with van der Waals surface area (Å²) in [5, 5.41) is 0.307. The maximum Gasteiger partial charge on any atom is 0.286 e. The van der Waals surface area contributed by atoms with Crippen LogP contribution in [0.1, 0.15) is 21.6 Å². The number of carbonyl (C=O) groups is 2. The van der Waals surface area contributed by atoms with Crippen molar-refractivity contribution in [3.63, 3.8) is 0 Å². The number of halogens is 1. The van der Waals surface area contributed by atoms with Crippen LogP contribution in [0.3, 0.4) is 0 Å². The minimum atomic E-state index is -0.583. The summed E-state index contributed by atoms with van der Waals surface area (Å²) in [5.41, 5.74) is 7.35. The highest BCUT2D eigenvalue weighted by molar-refractivity contribution is 5.98. The molecule has 0 radical (unpaired) electrons. The van der Waals surface area contributed by atoms with Crippen molar-refractivity contribution >= 4 is 22.7 Å². The molecule has 0 atom stereocenters. The zero-order valence-electron chi connectivity index (χ0n) is 14.4. The van der Waals surface area contributed by atoms with Gasteiger partial charge in [-0.2, -0.15) is 0 Å². The van der Waals surface area contributed by atoms with Crippen molar-refractivity contribution in [3.8, 4) is 5.75 Å². The molecule has 7 heteroatoms. The lowest BCUT2D eigenvalue weighted by Gasteiger charge is -2.09. The van der Waals surface area contributed by atoms with Gasteiger partial charge in [0.15, 0.2) is 6.61 Å². The predicted octanol–water partition coefficient (Wildman–Crippen LogP) is 2.76. The number of amides is 2. The summed E-state index contributed by atoms with van der Waals surface area (Å²) in [4.78, 5) is 26.7. The molecular weight excluding hydrogens is 337 g/mol. The van der Waals surface area contributed by atoms with Gasteiger partial charge < -0.3 is 9.72 Å². The highest BCUT2D eigenvalue weighted by atomic mass is 19.1. The van der Waals surface area contributed by atoms with Gasteiger partial charge in [0.2, 0.25) is 0 Å². The van der Waals surface area contributed by atoms with Gasteiger partial charge in [0.1, 0.15) is 17.3 Å². The van der Waals surface area contributed by atoms with E-state index in [9.17, 15) is 14.0 Å². The molecule has 3 rings (SSSR count). The minimum Gasteiger partial charge on any atom is -0.484 e. The molecule has 6 nitrogen and oxygen atoms in total. The molecule has 0 saturated carbocycles. The van der Waals surface area contributed by atoms with Crippen molar-refractivity contribution in [2.24, 2.45) is 0 Å². The highest BCUT2D eigenvalue weighted by Gasteiger charge is 2.12. The summed E-state index contributed by atoms with van der Waals surface area (Å²) in [7, 11) is 0. The lowest BCUT2D eigenvalue weighted by molar-refractivity contribution is -0.123. The number of hydrazine groups is 1. The van der Waals surface area contributed by atoms with Gasteiger partial charge in [0.05, 0.1) is 0 Å². The molecule has 26 heavy (non-hydrogen) atoms. The van der Waals surface area contributed by atoms with Crippen LogP contribution >= 0.6 is 0 Å². The van der Waals surface area contributed by atoms with Crippen molar-refractivity contribution < 1.29 is 18.7 Å². The molecule has 0 aliphatic heterocycles. The first-order valence-corrected chi connectivity index (χ1v) is 8.00. The van der Waals surface area contributed by atoms with Gasteiger partial charge in [-0.05, 0) is 55.3 Å². The van der Waals surface area contributed by atoms with Crippen LogP contribution in [-0.2, 0) is 4.79 Å². The van der Waals surface area contributed by atoms with E-state index in [4.69, 9.17) is 4.74 Å². The molecule has 3 aromatic rings. The van der Waals surface area contributed by atoms with Crippen molar-refractivity contribution in [1.29, 1.82) is 0 Å². The Morgan fingerprint density at radius 3 is 2.62 bits per heavy atom. The Morgan fingerprint density at radius 2 is 1.88 bits per heavy atom. The second kappa shape index (κ2) is 7.26. The van der Waals surface area contributed by atoms with E-state index in [1.807, 2.05) is 26.0 Å². The van der Waals surface area contributed by atoms with E-state index in [1.54, 1.807) is 18.2 Å². The molecule has 0 fully saturated rings. The Morgan fingerprint density at radius 1 is 1.08 bits per heavy atom. The lowest BCUT2D eigenvalue weighted by Crippen LogP contribution is -2.43. The summed E-state index contributed by atoms with van der Waals surface area (Å²) in [6.07, 6.45) is 0. The first-order valence-electron chi connectivity index (χ1n) is 8.00. The Balaban J connectivity index is 1.54. The van der Waals surface area contributed by atoms with Crippen molar-refractivity contribution in [2.45, 2.75) is 13.8 Å². The largest absolute Gasteiger partial charge is 0.484 e. The van der Waals surface area contributed by atoms with E-state index in [0.717, 1.165) is 11.1 Å². The smallest absolute Gasteiger partial charge is 0.286 e. The molecule has 3 N–H and O–H groups in total. The number of rotatable bonds is 4. The molecule has 0 spiro atoms. The molecule has 0 saturated heterocycles. The molecule has 2 amide bonds. The summed E-state index contributed by atoms with van der Waals surface area (Å²) in [6, 6.07) is 11.4. The zero-order chi connectivity index (χ0) is 18.7. The summed E-state index contributed by atoms with van der Waals surface area (Å²) in [6.45, 7) is 3.69. The second-order valence-corrected chi connectivity index (χ2v) is 5.92. The van der Waals surface area contributed by atoms with Gasteiger partial charge in [-0.3, -0.25) is 20.4 Å². The first kappa shape index (κ1) is 17.5. The van der Waals surface area contributed by atoms with Crippen molar-refractivity contribution in [3.05, 3.63) is 65.1 Å². The number of aromatic nitrogens is 1. The minimum absolute atomic E-state index is 0.139. The van der Waals surface area contributed by atoms with Gasteiger partial charge in [-0.25, -0.2) is 4.39 Å². The topological polar surface area (TPSA) is 83.2 Å². The fraction of sp³-hybridized carbons (Fsp3) is 0.158. The number of H-pyrrole nitrogens is 1. The van der Waals surface area contributed by atoms with E-state index in [-0.39, 0.29) is 12.3 Å². The normalized spacial score (nSPS) is 10.6. The molecule has 0 unspecified atom stereocenters. The second-order valence-electron chi connectivity index (χ2n) is 5.92. The predicted molar refractivity (Wildman–Crippen MR) is 95.3 cm³/mol. The Hall–Kier alpha value is -3.35. The maximum absolute atomic E-state index is 13.7. The molecule has 1 aromatic heterocycles. The van der Waals surface area contributed by atoms with Crippen LogP contribution in [0, 0.1) is 19.7 Å². The van der Waals surface area contributed by atoms with Gasteiger partial charge in [-0.15, -0.1) is 0 Å². The van der Waals surface area contributed by atoms with E-state index in [1.165, 1.54) is 12.1 Å². The van der Waals surface area contributed by atoms with Gasteiger partial charge in [0.25, 0.3) is 11.8 Å². The molecule has 0 aliphatic rings. The van der Waals surface area contributed by atoms with Crippen LogP contribution in [0.25, 0.3) is 10.9 Å². The van der Waals surface area contributed by atoms with Gasteiger partial charge >= 0.3 is 0 Å². The van der Waals surface area contributed by atoms with Crippen molar-refractivity contribution in [2.75, 3.05) is 6.61 Å². The van der Waals surface area contributed by atoms with Crippen LogP contribution in [0.15, 0.2) is 42.5 Å². The standard InChI is InChI=1S/C19H18FN3O3/c1-11-6-7-13(8-12(11)2)26-10-18(24)22-23-19(25)17-9-14-15(20)4-3-5-16(14)21-17/h3-9,21H,10H2,1-2H3,(H,22,24)(H,23,25). The van der Waals surface area contributed by atoms with E-state index in [0.29, 0.717) is 16.7 Å². The molecule has 0 bridgehead atoms. The molecule has 134 valence electrons. The Bertz CT molecular complexity index is 981. The van der Waals surface area contributed by atoms with Crippen LogP contribution in [-0.4, -0.2) is 23.4 Å². The number of aromatic amines is 1. The number of aryl methyl sites for hydroxylation is 2. The van der Waals surface area contributed by atoms with Crippen LogP contribution in [0.4, 0.5) is 4.39 Å². The fourth-order valence-electron chi connectivity index (χ4n) is 2.42. The maximum atomic E-state index is 13.7. The number of fused-ring (bicyclic) bond motifs is 1. The highest BCUT2D eigenvalue weighted by Crippen LogP contribution is 2.18. The fourth-order valence-corrected chi connectivity index (χ4v) is 2.42. The zero-order valence-corrected chi connectivity index (χ0v) is 14.4. The Kier molecular flexibility index (Phi) is 4.88. The third-order valence-electron chi connectivity index (χ3n) is 4.02. The monoisotopic (exact) mass is 355 g/mol. The lowest BCUT2D eigenvalue weighted by atomic mass is 10.1. The Labute approximate surface area is 149 Å². The molecule has 1 heterocycles. The first-order chi connectivity index (χ1) is 12.4. The molecular formula is C19H18FN3O3. The molecule has 0 aliphatic carbocycles. The number of carbonyl (C=O) groups excluding carboxylic acids is 2. The van der Waals surface area contributed by atoms with Crippen LogP contribution in [0.2, 0.25) is 0 Å². The summed E-state index contributed by atoms with van der Waals surface area (Å²) < 4.78 is 19.0. The van der Waals surface area contributed by atoms with Crippen LogP contribution < -0.4 is 15.6 Å². The SMILES string of the molecule is Cc1ccc(OCC(=O)NNC(=O)c2cc3c(F)cccc3[nH]2)cc1C. The third kappa shape index (κ3) is 3.83. The van der Waals surface area contributed by atoms with Gasteiger partial charge in [0, 0.05) is 10.9 Å².